The van der Waals surface area contributed by atoms with Crippen molar-refractivity contribution in [1.82, 2.24) is 9.78 Å². The molecule has 0 aliphatic rings. The van der Waals surface area contributed by atoms with E-state index in [2.05, 4.69) is 27.1 Å². The van der Waals surface area contributed by atoms with Crippen molar-refractivity contribution in [1.29, 1.82) is 0 Å². The van der Waals surface area contributed by atoms with Gasteiger partial charge < -0.3 is 5.73 Å². The smallest absolute Gasteiger partial charge is 0.130 e. The van der Waals surface area contributed by atoms with E-state index in [1.54, 1.807) is 10.9 Å². The van der Waals surface area contributed by atoms with Gasteiger partial charge in [-0.3, -0.25) is 0 Å². The second kappa shape index (κ2) is 5.67. The topological polar surface area (TPSA) is 43.8 Å². The Bertz CT molecular complexity index is 510. The third-order valence-corrected chi connectivity index (χ3v) is 3.41. The van der Waals surface area contributed by atoms with E-state index >= 15 is 0 Å². The van der Waals surface area contributed by atoms with Gasteiger partial charge in [-0.05, 0) is 30.7 Å². The molecule has 2 rings (SSSR count). The molecular formula is C12H13BrClN3. The standard InChI is InChI=1S/C12H13BrClN3/c13-11-3-1-2-9(6-11)8-17-12(14)10(4-5-15)7-16-17/h1-3,6-7H,4-5,8,15H2. The Morgan fingerprint density at radius 3 is 2.94 bits per heavy atom. The number of nitrogens with zero attached hydrogens (tertiary/aromatic N) is 2. The fourth-order valence-corrected chi connectivity index (χ4v) is 2.34. The van der Waals surface area contributed by atoms with E-state index in [-0.39, 0.29) is 0 Å². The maximum Gasteiger partial charge on any atom is 0.130 e. The second-order valence-corrected chi connectivity index (χ2v) is 5.06. The molecule has 0 bridgehead atoms. The summed E-state index contributed by atoms with van der Waals surface area (Å²) in [5.74, 6) is 0. The van der Waals surface area contributed by atoms with Crippen molar-refractivity contribution in [3.63, 3.8) is 0 Å². The molecule has 5 heteroatoms. The molecule has 1 aromatic heterocycles. The van der Waals surface area contributed by atoms with Crippen LogP contribution in [0.15, 0.2) is 34.9 Å². The number of rotatable bonds is 4. The minimum absolute atomic E-state index is 0.586. The summed E-state index contributed by atoms with van der Waals surface area (Å²) in [5, 5.41) is 4.95. The van der Waals surface area contributed by atoms with Crippen LogP contribution in [0.4, 0.5) is 0 Å². The van der Waals surface area contributed by atoms with Gasteiger partial charge in [-0.2, -0.15) is 5.10 Å². The first kappa shape index (κ1) is 12.6. The van der Waals surface area contributed by atoms with Crippen molar-refractivity contribution >= 4 is 27.5 Å². The quantitative estimate of drug-likeness (QED) is 0.943. The van der Waals surface area contributed by atoms with Crippen molar-refractivity contribution in [3.05, 3.63) is 51.2 Å². The Morgan fingerprint density at radius 1 is 1.41 bits per heavy atom. The zero-order valence-corrected chi connectivity index (χ0v) is 11.6. The number of benzene rings is 1. The lowest BCUT2D eigenvalue weighted by molar-refractivity contribution is 0.687. The highest BCUT2D eigenvalue weighted by Crippen LogP contribution is 2.18. The third kappa shape index (κ3) is 3.09. The number of nitrogens with two attached hydrogens (primary N) is 1. The lowest BCUT2D eigenvalue weighted by atomic mass is 10.2. The van der Waals surface area contributed by atoms with Crippen LogP contribution in [-0.2, 0) is 13.0 Å². The molecule has 0 radical (unpaired) electrons. The summed E-state index contributed by atoms with van der Waals surface area (Å²) in [5.41, 5.74) is 7.67. The number of aromatic nitrogens is 2. The van der Waals surface area contributed by atoms with Crippen LogP contribution in [0.5, 0.6) is 0 Å². The van der Waals surface area contributed by atoms with E-state index in [0.29, 0.717) is 18.2 Å². The molecule has 0 aliphatic carbocycles. The molecule has 0 saturated carbocycles. The number of hydrogen-bond donors (Lipinski definition) is 1. The van der Waals surface area contributed by atoms with Crippen LogP contribution in [0.25, 0.3) is 0 Å². The van der Waals surface area contributed by atoms with Gasteiger partial charge in [0.2, 0.25) is 0 Å². The molecule has 2 aromatic rings. The van der Waals surface area contributed by atoms with Crippen LogP contribution in [0.2, 0.25) is 5.15 Å². The molecule has 3 nitrogen and oxygen atoms in total. The summed E-state index contributed by atoms with van der Waals surface area (Å²) in [4.78, 5) is 0. The van der Waals surface area contributed by atoms with Gasteiger partial charge in [0.05, 0.1) is 12.7 Å². The van der Waals surface area contributed by atoms with E-state index in [1.807, 2.05) is 18.2 Å². The maximum absolute atomic E-state index is 6.23. The minimum atomic E-state index is 0.586. The van der Waals surface area contributed by atoms with Crippen molar-refractivity contribution in [2.75, 3.05) is 6.54 Å². The average molecular weight is 315 g/mol. The van der Waals surface area contributed by atoms with Crippen molar-refractivity contribution in [2.45, 2.75) is 13.0 Å². The highest BCUT2D eigenvalue weighted by Gasteiger charge is 2.08. The van der Waals surface area contributed by atoms with Gasteiger partial charge in [-0.25, -0.2) is 4.68 Å². The van der Waals surface area contributed by atoms with E-state index in [0.717, 1.165) is 22.0 Å². The molecule has 0 unspecified atom stereocenters. The Morgan fingerprint density at radius 2 is 2.24 bits per heavy atom. The Hall–Kier alpha value is -0.840. The van der Waals surface area contributed by atoms with Gasteiger partial charge in [0.1, 0.15) is 5.15 Å². The van der Waals surface area contributed by atoms with Crippen LogP contribution < -0.4 is 5.73 Å². The molecule has 0 fully saturated rings. The first-order valence-corrected chi connectivity index (χ1v) is 6.52. The fourth-order valence-electron chi connectivity index (χ4n) is 1.65. The molecule has 0 saturated heterocycles. The normalized spacial score (nSPS) is 10.8. The van der Waals surface area contributed by atoms with Crippen LogP contribution in [0.3, 0.4) is 0 Å². The monoisotopic (exact) mass is 313 g/mol. The SMILES string of the molecule is NCCc1cnn(Cc2cccc(Br)c2)c1Cl. The largest absolute Gasteiger partial charge is 0.330 e. The second-order valence-electron chi connectivity index (χ2n) is 3.79. The van der Waals surface area contributed by atoms with E-state index < -0.39 is 0 Å². The van der Waals surface area contributed by atoms with Crippen LogP contribution in [0, 0.1) is 0 Å². The van der Waals surface area contributed by atoms with Gasteiger partial charge in [0.25, 0.3) is 0 Å². The summed E-state index contributed by atoms with van der Waals surface area (Å²) in [7, 11) is 0. The number of halogens is 2. The zero-order chi connectivity index (χ0) is 12.3. The highest BCUT2D eigenvalue weighted by atomic mass is 79.9. The predicted molar refractivity (Wildman–Crippen MR) is 73.2 cm³/mol. The van der Waals surface area contributed by atoms with Crippen molar-refractivity contribution < 1.29 is 0 Å². The van der Waals surface area contributed by atoms with Crippen molar-refractivity contribution in [2.24, 2.45) is 5.73 Å². The molecule has 90 valence electrons. The molecule has 0 atom stereocenters. The van der Waals surface area contributed by atoms with Crippen LogP contribution in [0.1, 0.15) is 11.1 Å². The summed E-state index contributed by atoms with van der Waals surface area (Å²) in [6, 6.07) is 8.09. The lowest BCUT2D eigenvalue weighted by Gasteiger charge is -2.04. The summed E-state index contributed by atoms with van der Waals surface area (Å²) in [6.07, 6.45) is 2.55. The zero-order valence-electron chi connectivity index (χ0n) is 9.24. The summed E-state index contributed by atoms with van der Waals surface area (Å²) >= 11 is 9.67. The van der Waals surface area contributed by atoms with Crippen molar-refractivity contribution in [3.8, 4) is 0 Å². The Kier molecular flexibility index (Phi) is 4.20. The Balaban J connectivity index is 2.19. The maximum atomic E-state index is 6.23. The lowest BCUT2D eigenvalue weighted by Crippen LogP contribution is -2.04. The van der Waals surface area contributed by atoms with E-state index in [1.165, 1.54) is 0 Å². The minimum Gasteiger partial charge on any atom is -0.330 e. The first-order valence-electron chi connectivity index (χ1n) is 5.35. The fraction of sp³-hybridized carbons (Fsp3) is 0.250. The van der Waals surface area contributed by atoms with Crippen LogP contribution in [-0.4, -0.2) is 16.3 Å². The van der Waals surface area contributed by atoms with Gasteiger partial charge in [0.15, 0.2) is 0 Å². The number of hydrogen-bond acceptors (Lipinski definition) is 2. The van der Waals surface area contributed by atoms with E-state index in [9.17, 15) is 0 Å². The molecule has 0 amide bonds. The van der Waals surface area contributed by atoms with Gasteiger partial charge in [-0.15, -0.1) is 0 Å². The van der Waals surface area contributed by atoms with Crippen LogP contribution >= 0.6 is 27.5 Å². The third-order valence-electron chi connectivity index (χ3n) is 2.48. The predicted octanol–water partition coefficient (Wildman–Crippen LogP) is 2.85. The molecule has 17 heavy (non-hydrogen) atoms. The first-order chi connectivity index (χ1) is 8.20. The molecule has 0 aliphatic heterocycles. The van der Waals surface area contributed by atoms with Gasteiger partial charge in [0, 0.05) is 10.0 Å². The van der Waals surface area contributed by atoms with Gasteiger partial charge in [-0.1, -0.05) is 39.7 Å². The highest BCUT2D eigenvalue weighted by molar-refractivity contribution is 9.10. The summed E-state index contributed by atoms with van der Waals surface area (Å²) in [6.45, 7) is 1.26. The van der Waals surface area contributed by atoms with E-state index in [4.69, 9.17) is 17.3 Å². The summed E-state index contributed by atoms with van der Waals surface area (Å²) < 4.78 is 2.84. The molecular weight excluding hydrogens is 302 g/mol. The van der Waals surface area contributed by atoms with Gasteiger partial charge >= 0.3 is 0 Å². The molecule has 1 aromatic carbocycles. The Labute approximate surface area is 114 Å². The molecule has 0 spiro atoms. The average Bonchev–Trinajstić information content (AvgIpc) is 2.62. The molecule has 1 heterocycles. The molecule has 2 N–H and O–H groups in total.